The Bertz CT molecular complexity index is 1340. The number of hydrogen-bond acceptors (Lipinski definition) is 7. The number of rotatable bonds is 10. The molecule has 0 saturated carbocycles. The summed E-state index contributed by atoms with van der Waals surface area (Å²) in [7, 11) is 0. The van der Waals surface area contributed by atoms with Gasteiger partial charge in [-0.1, -0.05) is 39.8 Å². The van der Waals surface area contributed by atoms with Crippen molar-refractivity contribution in [1.29, 1.82) is 0 Å². The van der Waals surface area contributed by atoms with Crippen molar-refractivity contribution in [3.63, 3.8) is 0 Å². The van der Waals surface area contributed by atoms with Gasteiger partial charge in [0.15, 0.2) is 5.76 Å². The molecule has 1 unspecified atom stereocenters. The molecule has 8 nitrogen and oxygen atoms in total. The maximum Gasteiger partial charge on any atom is 0.287 e. The number of benzene rings is 1. The van der Waals surface area contributed by atoms with E-state index in [1.165, 1.54) is 35.1 Å². The van der Waals surface area contributed by atoms with Gasteiger partial charge in [0.1, 0.15) is 11.6 Å². The number of aryl methyl sites for hydroxylation is 1. The highest BCUT2D eigenvalue weighted by Gasteiger charge is 2.37. The number of carbonyl (C=O) groups is 1. The minimum absolute atomic E-state index is 0.156. The molecule has 2 aromatic heterocycles. The van der Waals surface area contributed by atoms with Crippen LogP contribution in [0.1, 0.15) is 91.9 Å². The molecule has 214 valence electrons. The van der Waals surface area contributed by atoms with Gasteiger partial charge in [-0.25, -0.2) is 4.98 Å². The Labute approximate surface area is 237 Å². The quantitative estimate of drug-likeness (QED) is 0.279. The Morgan fingerprint density at radius 2 is 1.80 bits per heavy atom. The van der Waals surface area contributed by atoms with E-state index in [9.17, 15) is 4.79 Å². The van der Waals surface area contributed by atoms with Gasteiger partial charge in [-0.2, -0.15) is 4.98 Å². The predicted molar refractivity (Wildman–Crippen MR) is 158 cm³/mol. The second-order valence-corrected chi connectivity index (χ2v) is 12.5. The molecule has 5 rings (SSSR count). The van der Waals surface area contributed by atoms with Gasteiger partial charge in [-0.05, 0) is 83.9 Å². The van der Waals surface area contributed by atoms with Crippen LogP contribution in [0.5, 0.6) is 0 Å². The molecule has 3 N–H and O–H groups in total. The molecule has 8 heteroatoms. The van der Waals surface area contributed by atoms with Crippen LogP contribution in [0.2, 0.25) is 0 Å². The first-order valence-corrected chi connectivity index (χ1v) is 14.5. The SMILES string of the molecule is Cc1cc2c(cc1Cc1ccc(C(=O)NCCNc3nccc(NCC4CCCO4)n3)o1)C(C)(C)CCC2(C)C. The number of furan rings is 1. The van der Waals surface area contributed by atoms with E-state index in [2.05, 4.69) is 72.7 Å². The van der Waals surface area contributed by atoms with E-state index < -0.39 is 0 Å². The third kappa shape index (κ3) is 6.49. The van der Waals surface area contributed by atoms with Crippen LogP contribution in [-0.2, 0) is 22.0 Å². The Balaban J connectivity index is 1.12. The van der Waals surface area contributed by atoms with E-state index in [4.69, 9.17) is 9.15 Å². The molecule has 3 heterocycles. The summed E-state index contributed by atoms with van der Waals surface area (Å²) in [6.45, 7) is 14.0. The molecule has 1 atom stereocenters. The van der Waals surface area contributed by atoms with E-state index in [-0.39, 0.29) is 22.8 Å². The summed E-state index contributed by atoms with van der Waals surface area (Å²) >= 11 is 0. The number of aromatic nitrogens is 2. The van der Waals surface area contributed by atoms with Gasteiger partial charge >= 0.3 is 0 Å². The molecule has 1 fully saturated rings. The van der Waals surface area contributed by atoms with Crippen molar-refractivity contribution < 1.29 is 13.9 Å². The summed E-state index contributed by atoms with van der Waals surface area (Å²) < 4.78 is 11.6. The standard InChI is InChI=1S/C32H43N5O3/c1-21-17-25-26(32(4,5)12-11-31(25,2)3)19-22(21)18-23-8-9-27(40-23)29(38)33-14-15-35-30-34-13-10-28(37-30)36-20-24-7-6-16-39-24/h8-10,13,17,19,24H,6-7,11-12,14-16,18,20H2,1-5H3,(H,33,38)(H2,34,35,36,37). The fourth-order valence-corrected chi connectivity index (χ4v) is 5.74. The van der Waals surface area contributed by atoms with Crippen molar-refractivity contribution in [3.8, 4) is 0 Å². The average Bonchev–Trinajstić information content (AvgIpc) is 3.62. The molecule has 2 aliphatic rings. The second kappa shape index (κ2) is 11.6. The van der Waals surface area contributed by atoms with Crippen molar-refractivity contribution in [2.75, 3.05) is 36.9 Å². The molecule has 0 radical (unpaired) electrons. The first kappa shape index (κ1) is 28.1. The lowest BCUT2D eigenvalue weighted by molar-refractivity contribution is 0.0926. The number of nitrogens with zero attached hydrogens (tertiary/aromatic N) is 2. The molecule has 0 spiro atoms. The Kier molecular flexibility index (Phi) is 8.17. The van der Waals surface area contributed by atoms with Crippen LogP contribution in [-0.4, -0.2) is 48.2 Å². The molecule has 1 aliphatic carbocycles. The molecule has 40 heavy (non-hydrogen) atoms. The number of anilines is 2. The topological polar surface area (TPSA) is 101 Å². The van der Waals surface area contributed by atoms with Crippen LogP contribution in [0.15, 0.2) is 40.9 Å². The van der Waals surface area contributed by atoms with Crippen molar-refractivity contribution in [3.05, 3.63) is 70.3 Å². The zero-order valence-electron chi connectivity index (χ0n) is 24.5. The summed E-state index contributed by atoms with van der Waals surface area (Å²) in [5, 5.41) is 9.38. The zero-order valence-corrected chi connectivity index (χ0v) is 24.5. The molecule has 1 saturated heterocycles. The maximum absolute atomic E-state index is 12.7. The highest BCUT2D eigenvalue weighted by molar-refractivity contribution is 5.91. The summed E-state index contributed by atoms with van der Waals surface area (Å²) in [6.07, 6.45) is 7.18. The molecule has 1 amide bonds. The lowest BCUT2D eigenvalue weighted by Gasteiger charge is -2.42. The number of nitrogens with one attached hydrogen (secondary N) is 3. The number of hydrogen-bond donors (Lipinski definition) is 3. The maximum atomic E-state index is 12.7. The Morgan fingerprint density at radius 3 is 2.55 bits per heavy atom. The van der Waals surface area contributed by atoms with E-state index in [0.29, 0.717) is 31.2 Å². The van der Waals surface area contributed by atoms with Gasteiger partial charge in [0.25, 0.3) is 5.91 Å². The van der Waals surface area contributed by atoms with Gasteiger partial charge in [0, 0.05) is 38.9 Å². The predicted octanol–water partition coefficient (Wildman–Crippen LogP) is 5.75. The average molecular weight is 546 g/mol. The highest BCUT2D eigenvalue weighted by Crippen LogP contribution is 2.46. The van der Waals surface area contributed by atoms with Gasteiger partial charge in [0.2, 0.25) is 5.95 Å². The largest absolute Gasteiger partial charge is 0.456 e. The lowest BCUT2D eigenvalue weighted by atomic mass is 9.62. The summed E-state index contributed by atoms with van der Waals surface area (Å²) in [6, 6.07) is 10.2. The van der Waals surface area contributed by atoms with E-state index in [1.807, 2.05) is 12.1 Å². The van der Waals surface area contributed by atoms with Crippen LogP contribution in [0, 0.1) is 6.92 Å². The molecule has 1 aromatic carbocycles. The normalized spacial score (nSPS) is 19.2. The van der Waals surface area contributed by atoms with Gasteiger partial charge < -0.3 is 25.1 Å². The number of carbonyl (C=O) groups excluding carboxylic acids is 1. The second-order valence-electron chi connectivity index (χ2n) is 12.5. The van der Waals surface area contributed by atoms with Crippen molar-refractivity contribution in [2.24, 2.45) is 0 Å². The first-order valence-electron chi connectivity index (χ1n) is 14.5. The fraction of sp³-hybridized carbons (Fsp3) is 0.531. The molecule has 0 bridgehead atoms. The monoisotopic (exact) mass is 545 g/mol. The van der Waals surface area contributed by atoms with Crippen molar-refractivity contribution in [2.45, 2.75) is 83.7 Å². The number of ether oxygens (including phenoxy) is 1. The Hall–Kier alpha value is -3.39. The van der Waals surface area contributed by atoms with Gasteiger partial charge in [0.05, 0.1) is 6.10 Å². The van der Waals surface area contributed by atoms with E-state index >= 15 is 0 Å². The van der Waals surface area contributed by atoms with Crippen LogP contribution in [0.4, 0.5) is 11.8 Å². The van der Waals surface area contributed by atoms with Gasteiger partial charge in [-0.3, -0.25) is 4.79 Å². The van der Waals surface area contributed by atoms with Crippen LogP contribution in [0.25, 0.3) is 0 Å². The van der Waals surface area contributed by atoms with Crippen molar-refractivity contribution >= 4 is 17.7 Å². The smallest absolute Gasteiger partial charge is 0.287 e. The minimum Gasteiger partial charge on any atom is -0.456 e. The summed E-state index contributed by atoms with van der Waals surface area (Å²) in [5.41, 5.74) is 5.77. The molecule has 3 aromatic rings. The minimum atomic E-state index is -0.231. The fourth-order valence-electron chi connectivity index (χ4n) is 5.74. The number of fused-ring (bicyclic) bond motifs is 1. The summed E-state index contributed by atoms with van der Waals surface area (Å²) in [5.74, 6) is 2.15. The zero-order chi connectivity index (χ0) is 28.3. The first-order chi connectivity index (χ1) is 19.1. The highest BCUT2D eigenvalue weighted by atomic mass is 16.5. The molecule has 1 aliphatic heterocycles. The lowest BCUT2D eigenvalue weighted by Crippen LogP contribution is -2.34. The summed E-state index contributed by atoms with van der Waals surface area (Å²) in [4.78, 5) is 21.5. The van der Waals surface area contributed by atoms with Crippen LogP contribution in [0.3, 0.4) is 0 Å². The number of amides is 1. The van der Waals surface area contributed by atoms with Gasteiger partial charge in [-0.15, -0.1) is 0 Å². The Morgan fingerprint density at radius 1 is 1.02 bits per heavy atom. The van der Waals surface area contributed by atoms with Crippen LogP contribution < -0.4 is 16.0 Å². The van der Waals surface area contributed by atoms with Crippen molar-refractivity contribution in [1.82, 2.24) is 15.3 Å². The molecular weight excluding hydrogens is 502 g/mol. The van der Waals surface area contributed by atoms with E-state index in [0.717, 1.165) is 37.6 Å². The van der Waals surface area contributed by atoms with Crippen LogP contribution >= 0.6 is 0 Å². The third-order valence-electron chi connectivity index (χ3n) is 8.44. The molecular formula is C32H43N5O3. The van der Waals surface area contributed by atoms with E-state index in [1.54, 1.807) is 12.3 Å². The third-order valence-corrected chi connectivity index (χ3v) is 8.44.